The zero-order valence-electron chi connectivity index (χ0n) is 8.05. The molecule has 0 N–H and O–H groups in total. The Morgan fingerprint density at radius 1 is 1.08 bits per heavy atom. The second-order valence-electron chi connectivity index (χ2n) is 2.98. The van der Waals surface area contributed by atoms with Crippen molar-refractivity contribution in [1.82, 2.24) is 0 Å². The van der Waals surface area contributed by atoms with Crippen molar-refractivity contribution in [3.63, 3.8) is 0 Å². The fourth-order valence-corrected chi connectivity index (χ4v) is 1.00. The van der Waals surface area contributed by atoms with Crippen molar-refractivity contribution in [3.05, 3.63) is 0 Å². The van der Waals surface area contributed by atoms with Gasteiger partial charge in [0, 0.05) is 19.6 Å². The highest BCUT2D eigenvalue weighted by Crippen LogP contribution is 1.99. The van der Waals surface area contributed by atoms with Crippen LogP contribution >= 0.6 is 0 Å². The number of rotatable bonds is 9. The van der Waals surface area contributed by atoms with Gasteiger partial charge in [-0.3, -0.25) is 0 Å². The predicted octanol–water partition coefficient (Wildman–Crippen LogP) is 2.56. The van der Waals surface area contributed by atoms with Gasteiger partial charge < -0.3 is 9.53 Å². The molecular weight excluding hydrogens is 152 g/mol. The van der Waals surface area contributed by atoms with Crippen molar-refractivity contribution in [3.8, 4) is 0 Å². The molecule has 0 amide bonds. The van der Waals surface area contributed by atoms with Crippen molar-refractivity contribution in [1.29, 1.82) is 0 Å². The standard InChI is InChI=1S/C10H20O2/c1-2-3-4-6-9-12-10-7-5-8-11/h8H,2-7,9-10H2,1H3. The monoisotopic (exact) mass is 172 g/mol. The number of carbonyl (C=O) groups excluding carboxylic acids is 1. The first-order valence-electron chi connectivity index (χ1n) is 4.93. The summed E-state index contributed by atoms with van der Waals surface area (Å²) in [6.07, 6.45) is 7.45. The van der Waals surface area contributed by atoms with Gasteiger partial charge in [-0.15, -0.1) is 0 Å². The van der Waals surface area contributed by atoms with Gasteiger partial charge in [0.2, 0.25) is 0 Å². The minimum absolute atomic E-state index is 0.634. The molecule has 0 aromatic heterocycles. The van der Waals surface area contributed by atoms with Crippen LogP contribution < -0.4 is 0 Å². The second-order valence-corrected chi connectivity index (χ2v) is 2.98. The average Bonchev–Trinajstić information content (AvgIpc) is 2.10. The van der Waals surface area contributed by atoms with Crippen LogP contribution in [-0.2, 0) is 9.53 Å². The molecule has 2 nitrogen and oxygen atoms in total. The van der Waals surface area contributed by atoms with E-state index >= 15 is 0 Å². The molecule has 0 rings (SSSR count). The number of hydrogen-bond donors (Lipinski definition) is 0. The normalized spacial score (nSPS) is 10.1. The fourth-order valence-electron chi connectivity index (χ4n) is 1.00. The lowest BCUT2D eigenvalue weighted by atomic mass is 10.2. The van der Waals surface area contributed by atoms with Crippen LogP contribution in [0.1, 0.15) is 45.4 Å². The Balaban J connectivity index is 2.77. The summed E-state index contributed by atoms with van der Waals surface area (Å²) in [6.45, 7) is 3.80. The van der Waals surface area contributed by atoms with Crippen LogP contribution in [0.15, 0.2) is 0 Å². The number of ether oxygens (including phenoxy) is 1. The third kappa shape index (κ3) is 9.63. The number of unbranched alkanes of at least 4 members (excludes halogenated alkanes) is 4. The first-order chi connectivity index (χ1) is 5.91. The highest BCUT2D eigenvalue weighted by atomic mass is 16.5. The van der Waals surface area contributed by atoms with E-state index in [2.05, 4.69) is 6.92 Å². The number of hydrogen-bond acceptors (Lipinski definition) is 2. The van der Waals surface area contributed by atoms with Crippen molar-refractivity contribution in [2.75, 3.05) is 13.2 Å². The molecule has 0 saturated heterocycles. The van der Waals surface area contributed by atoms with Crippen molar-refractivity contribution < 1.29 is 9.53 Å². The summed E-state index contributed by atoms with van der Waals surface area (Å²) in [7, 11) is 0. The maximum atomic E-state index is 9.92. The van der Waals surface area contributed by atoms with E-state index in [0.717, 1.165) is 32.3 Å². The number of carbonyl (C=O) groups is 1. The molecule has 72 valence electrons. The summed E-state index contributed by atoms with van der Waals surface area (Å²) < 4.78 is 5.32. The van der Waals surface area contributed by atoms with Crippen molar-refractivity contribution in [2.24, 2.45) is 0 Å². The third-order valence-electron chi connectivity index (χ3n) is 1.75. The van der Waals surface area contributed by atoms with E-state index in [9.17, 15) is 4.79 Å². The third-order valence-corrected chi connectivity index (χ3v) is 1.75. The quantitative estimate of drug-likeness (QED) is 0.394. The molecule has 0 aliphatic carbocycles. The lowest BCUT2D eigenvalue weighted by Crippen LogP contribution is -1.97. The van der Waals surface area contributed by atoms with Crippen LogP contribution in [0.5, 0.6) is 0 Å². The molecule has 0 bridgehead atoms. The van der Waals surface area contributed by atoms with Gasteiger partial charge in [0.05, 0.1) is 0 Å². The summed E-state index contributed by atoms with van der Waals surface area (Å²) in [6, 6.07) is 0. The van der Waals surface area contributed by atoms with E-state index < -0.39 is 0 Å². The zero-order valence-corrected chi connectivity index (χ0v) is 8.05. The molecule has 0 spiro atoms. The Labute approximate surface area is 75.3 Å². The number of aldehydes is 1. The second kappa shape index (κ2) is 10.6. The molecule has 0 aliphatic heterocycles. The lowest BCUT2D eigenvalue weighted by Gasteiger charge is -2.01. The van der Waals surface area contributed by atoms with E-state index in [-0.39, 0.29) is 0 Å². The molecule has 12 heavy (non-hydrogen) atoms. The van der Waals surface area contributed by atoms with Crippen molar-refractivity contribution >= 4 is 6.29 Å². The molecule has 2 heteroatoms. The Bertz CT molecular complexity index is 91.8. The molecule has 0 unspecified atom stereocenters. The zero-order chi connectivity index (χ0) is 9.07. The maximum Gasteiger partial charge on any atom is 0.120 e. The molecule has 0 heterocycles. The van der Waals surface area contributed by atoms with Crippen LogP contribution in [0.2, 0.25) is 0 Å². The van der Waals surface area contributed by atoms with E-state index in [1.54, 1.807) is 0 Å². The van der Waals surface area contributed by atoms with E-state index in [4.69, 9.17) is 4.74 Å². The fraction of sp³-hybridized carbons (Fsp3) is 0.900. The smallest absolute Gasteiger partial charge is 0.120 e. The van der Waals surface area contributed by atoms with Crippen LogP contribution in [0, 0.1) is 0 Å². The SMILES string of the molecule is CCCCCCOCCCC=O. The molecule has 0 radical (unpaired) electrons. The van der Waals surface area contributed by atoms with Crippen LogP contribution in [0.3, 0.4) is 0 Å². The first-order valence-corrected chi connectivity index (χ1v) is 4.93. The predicted molar refractivity (Wildman–Crippen MR) is 50.3 cm³/mol. The van der Waals surface area contributed by atoms with Gasteiger partial charge in [-0.1, -0.05) is 26.2 Å². The summed E-state index contributed by atoms with van der Waals surface area (Å²) in [5, 5.41) is 0. The van der Waals surface area contributed by atoms with Gasteiger partial charge in [0.25, 0.3) is 0 Å². The summed E-state index contributed by atoms with van der Waals surface area (Å²) in [4.78, 5) is 9.92. The average molecular weight is 172 g/mol. The molecule has 0 saturated carbocycles. The lowest BCUT2D eigenvalue weighted by molar-refractivity contribution is -0.108. The van der Waals surface area contributed by atoms with Crippen LogP contribution in [0.25, 0.3) is 0 Å². The van der Waals surface area contributed by atoms with E-state index in [1.165, 1.54) is 19.3 Å². The molecule has 0 fully saturated rings. The minimum Gasteiger partial charge on any atom is -0.381 e. The van der Waals surface area contributed by atoms with Crippen LogP contribution in [-0.4, -0.2) is 19.5 Å². The first kappa shape index (κ1) is 11.6. The Morgan fingerprint density at radius 3 is 2.50 bits per heavy atom. The van der Waals surface area contributed by atoms with Gasteiger partial charge in [0.1, 0.15) is 6.29 Å². The van der Waals surface area contributed by atoms with Gasteiger partial charge in [0.15, 0.2) is 0 Å². The Hall–Kier alpha value is -0.370. The van der Waals surface area contributed by atoms with E-state index in [1.807, 2.05) is 0 Å². The van der Waals surface area contributed by atoms with Gasteiger partial charge >= 0.3 is 0 Å². The molecule has 0 aliphatic rings. The Morgan fingerprint density at radius 2 is 1.83 bits per heavy atom. The largest absolute Gasteiger partial charge is 0.381 e. The molecule has 0 aromatic rings. The van der Waals surface area contributed by atoms with Crippen molar-refractivity contribution in [2.45, 2.75) is 45.4 Å². The topological polar surface area (TPSA) is 26.3 Å². The molecule has 0 atom stereocenters. The van der Waals surface area contributed by atoms with Gasteiger partial charge in [-0.2, -0.15) is 0 Å². The Kier molecular flexibility index (Phi) is 10.3. The van der Waals surface area contributed by atoms with Gasteiger partial charge in [-0.05, 0) is 12.8 Å². The highest BCUT2D eigenvalue weighted by Gasteiger charge is 1.89. The van der Waals surface area contributed by atoms with Crippen LogP contribution in [0.4, 0.5) is 0 Å². The minimum atomic E-state index is 0.634. The van der Waals surface area contributed by atoms with Gasteiger partial charge in [-0.25, -0.2) is 0 Å². The molecule has 0 aromatic carbocycles. The summed E-state index contributed by atoms with van der Waals surface area (Å²) in [5.41, 5.74) is 0. The molecular formula is C10H20O2. The summed E-state index contributed by atoms with van der Waals surface area (Å²) >= 11 is 0. The summed E-state index contributed by atoms with van der Waals surface area (Å²) in [5.74, 6) is 0. The van der Waals surface area contributed by atoms with E-state index in [0.29, 0.717) is 6.42 Å². The highest BCUT2D eigenvalue weighted by molar-refractivity contribution is 5.48. The maximum absolute atomic E-state index is 9.92.